The summed E-state index contributed by atoms with van der Waals surface area (Å²) in [6.45, 7) is 0.915. The summed E-state index contributed by atoms with van der Waals surface area (Å²) in [5.41, 5.74) is 6.18. The first kappa shape index (κ1) is 19.3. The Hall–Kier alpha value is -3.05. The molecule has 3 aromatic rings. The predicted octanol–water partition coefficient (Wildman–Crippen LogP) is 4.18. The smallest absolute Gasteiger partial charge is 0.330 e. The van der Waals surface area contributed by atoms with Crippen LogP contribution in [0, 0.1) is 0 Å². The fourth-order valence-corrected chi connectivity index (χ4v) is 4.06. The van der Waals surface area contributed by atoms with E-state index in [0.717, 1.165) is 42.6 Å². The molecule has 1 aromatic heterocycles. The van der Waals surface area contributed by atoms with Gasteiger partial charge in [-0.3, -0.25) is 0 Å². The molecule has 4 rings (SSSR count). The van der Waals surface area contributed by atoms with Crippen molar-refractivity contribution in [1.82, 2.24) is 10.3 Å². The van der Waals surface area contributed by atoms with Crippen LogP contribution in [0.25, 0.3) is 17.0 Å². The SMILES string of the molecule is COC(=O)C=Cc1ccc2c(c1)CCC2NCCc1c[nH]c2ccc(OC)cc12. The minimum atomic E-state index is -0.333. The van der Waals surface area contributed by atoms with Gasteiger partial charge < -0.3 is 19.8 Å². The van der Waals surface area contributed by atoms with Gasteiger partial charge in [0.15, 0.2) is 0 Å². The van der Waals surface area contributed by atoms with Crippen molar-refractivity contribution in [2.75, 3.05) is 20.8 Å². The van der Waals surface area contributed by atoms with Gasteiger partial charge in [0.1, 0.15) is 5.75 Å². The molecule has 1 aliphatic rings. The van der Waals surface area contributed by atoms with Crippen molar-refractivity contribution in [3.8, 4) is 5.75 Å². The van der Waals surface area contributed by atoms with Crippen LogP contribution >= 0.6 is 0 Å². The third kappa shape index (κ3) is 4.20. The van der Waals surface area contributed by atoms with E-state index in [-0.39, 0.29) is 5.97 Å². The Morgan fingerprint density at radius 3 is 2.97 bits per heavy atom. The van der Waals surface area contributed by atoms with E-state index < -0.39 is 0 Å². The summed E-state index contributed by atoms with van der Waals surface area (Å²) in [6, 6.07) is 12.9. The maximum atomic E-state index is 11.3. The Morgan fingerprint density at radius 2 is 2.14 bits per heavy atom. The van der Waals surface area contributed by atoms with Gasteiger partial charge in [-0.1, -0.05) is 18.2 Å². The van der Waals surface area contributed by atoms with E-state index in [1.165, 1.54) is 35.3 Å². The molecule has 0 fully saturated rings. The first-order chi connectivity index (χ1) is 14.2. The van der Waals surface area contributed by atoms with Crippen molar-refractivity contribution in [2.45, 2.75) is 25.3 Å². The number of nitrogens with one attached hydrogen (secondary N) is 2. The lowest BCUT2D eigenvalue weighted by atomic mass is 10.0. The van der Waals surface area contributed by atoms with E-state index in [4.69, 9.17) is 4.74 Å². The quantitative estimate of drug-likeness (QED) is 0.469. The molecule has 1 heterocycles. The second kappa shape index (κ2) is 8.53. The summed E-state index contributed by atoms with van der Waals surface area (Å²) < 4.78 is 10.0. The van der Waals surface area contributed by atoms with Crippen molar-refractivity contribution >= 4 is 22.9 Å². The molecule has 0 aliphatic heterocycles. The fraction of sp³-hybridized carbons (Fsp3) is 0.292. The highest BCUT2D eigenvalue weighted by molar-refractivity contribution is 5.87. The lowest BCUT2D eigenvalue weighted by Gasteiger charge is -2.14. The number of benzene rings is 2. The van der Waals surface area contributed by atoms with E-state index in [2.05, 4.69) is 51.6 Å². The first-order valence-electron chi connectivity index (χ1n) is 9.94. The van der Waals surface area contributed by atoms with Crippen molar-refractivity contribution in [1.29, 1.82) is 0 Å². The molecule has 0 radical (unpaired) electrons. The standard InChI is InChI=1S/C24H26N2O3/c1-28-19-6-9-23-21(14-19)18(15-26-23)11-12-25-22-8-5-17-13-16(3-7-20(17)22)4-10-24(27)29-2/h3-4,6-7,9-10,13-15,22,25-26H,5,8,11-12H2,1-2H3. The molecular weight excluding hydrogens is 364 g/mol. The second-order valence-electron chi connectivity index (χ2n) is 7.34. The number of hydrogen-bond donors (Lipinski definition) is 2. The number of carbonyl (C=O) groups excluding carboxylic acids is 1. The molecule has 0 bridgehead atoms. The molecular formula is C24H26N2O3. The molecule has 5 heteroatoms. The fourth-order valence-electron chi connectivity index (χ4n) is 4.06. The normalized spacial score (nSPS) is 15.7. The Labute approximate surface area is 170 Å². The van der Waals surface area contributed by atoms with Crippen LogP contribution < -0.4 is 10.1 Å². The summed E-state index contributed by atoms with van der Waals surface area (Å²) in [6.07, 6.45) is 8.46. The largest absolute Gasteiger partial charge is 0.497 e. The molecule has 5 nitrogen and oxygen atoms in total. The lowest BCUT2D eigenvalue weighted by molar-refractivity contribution is -0.134. The van der Waals surface area contributed by atoms with Gasteiger partial charge in [-0.2, -0.15) is 0 Å². The van der Waals surface area contributed by atoms with Crippen LogP contribution in [-0.2, 0) is 22.4 Å². The number of fused-ring (bicyclic) bond motifs is 2. The Kier molecular flexibility index (Phi) is 5.67. The lowest BCUT2D eigenvalue weighted by Crippen LogP contribution is -2.21. The molecule has 2 aromatic carbocycles. The number of methoxy groups -OCH3 is 2. The number of hydrogen-bond acceptors (Lipinski definition) is 4. The number of ether oxygens (including phenoxy) is 2. The summed E-state index contributed by atoms with van der Waals surface area (Å²) in [5.74, 6) is 0.549. The van der Waals surface area contributed by atoms with E-state index in [9.17, 15) is 4.79 Å². The number of rotatable bonds is 7. The van der Waals surface area contributed by atoms with Crippen molar-refractivity contribution in [3.05, 3.63) is 70.9 Å². The number of aryl methyl sites for hydroxylation is 1. The summed E-state index contributed by atoms with van der Waals surface area (Å²) >= 11 is 0. The average molecular weight is 390 g/mol. The zero-order valence-electron chi connectivity index (χ0n) is 16.8. The summed E-state index contributed by atoms with van der Waals surface area (Å²) in [4.78, 5) is 14.6. The van der Waals surface area contributed by atoms with Crippen LogP contribution in [0.5, 0.6) is 5.75 Å². The van der Waals surface area contributed by atoms with Crippen molar-refractivity contribution < 1.29 is 14.3 Å². The van der Waals surface area contributed by atoms with E-state index in [1.807, 2.05) is 6.07 Å². The van der Waals surface area contributed by atoms with Crippen LogP contribution in [0.4, 0.5) is 0 Å². The molecule has 1 aliphatic carbocycles. The molecule has 1 unspecified atom stereocenters. The zero-order valence-corrected chi connectivity index (χ0v) is 16.8. The van der Waals surface area contributed by atoms with Gasteiger partial charge >= 0.3 is 5.97 Å². The van der Waals surface area contributed by atoms with Crippen LogP contribution in [-0.4, -0.2) is 31.7 Å². The highest BCUT2D eigenvalue weighted by atomic mass is 16.5. The van der Waals surface area contributed by atoms with Crippen LogP contribution in [0.15, 0.2) is 48.7 Å². The Bertz CT molecular complexity index is 1050. The molecule has 0 saturated carbocycles. The first-order valence-corrected chi connectivity index (χ1v) is 9.94. The van der Waals surface area contributed by atoms with Gasteiger partial charge in [-0.25, -0.2) is 4.79 Å². The predicted molar refractivity (Wildman–Crippen MR) is 115 cm³/mol. The number of aromatic nitrogens is 1. The third-order valence-electron chi connectivity index (χ3n) is 5.62. The number of H-pyrrole nitrogens is 1. The monoisotopic (exact) mass is 390 g/mol. The van der Waals surface area contributed by atoms with E-state index in [0.29, 0.717) is 6.04 Å². The van der Waals surface area contributed by atoms with E-state index >= 15 is 0 Å². The van der Waals surface area contributed by atoms with Crippen LogP contribution in [0.3, 0.4) is 0 Å². The summed E-state index contributed by atoms with van der Waals surface area (Å²) in [7, 11) is 3.08. The molecule has 0 saturated heterocycles. The molecule has 29 heavy (non-hydrogen) atoms. The highest BCUT2D eigenvalue weighted by Gasteiger charge is 2.21. The zero-order chi connectivity index (χ0) is 20.2. The molecule has 0 amide bonds. The molecule has 150 valence electrons. The molecule has 0 spiro atoms. The van der Waals surface area contributed by atoms with E-state index in [1.54, 1.807) is 13.2 Å². The van der Waals surface area contributed by atoms with Gasteiger partial charge in [-0.05, 0) is 72.3 Å². The minimum absolute atomic E-state index is 0.333. The number of aromatic amines is 1. The van der Waals surface area contributed by atoms with Crippen LogP contribution in [0.1, 0.15) is 34.7 Å². The Balaban J connectivity index is 1.39. The topological polar surface area (TPSA) is 63.3 Å². The average Bonchev–Trinajstić information content (AvgIpc) is 3.35. The van der Waals surface area contributed by atoms with Crippen LogP contribution in [0.2, 0.25) is 0 Å². The van der Waals surface area contributed by atoms with Gasteiger partial charge in [0, 0.05) is 29.2 Å². The van der Waals surface area contributed by atoms with Gasteiger partial charge in [0.2, 0.25) is 0 Å². The molecule has 1 atom stereocenters. The minimum Gasteiger partial charge on any atom is -0.497 e. The summed E-state index contributed by atoms with van der Waals surface area (Å²) in [5, 5.41) is 4.93. The van der Waals surface area contributed by atoms with Gasteiger partial charge in [0.25, 0.3) is 0 Å². The third-order valence-corrected chi connectivity index (χ3v) is 5.62. The van der Waals surface area contributed by atoms with Gasteiger partial charge in [-0.15, -0.1) is 0 Å². The maximum absolute atomic E-state index is 11.3. The van der Waals surface area contributed by atoms with Crippen molar-refractivity contribution in [2.24, 2.45) is 0 Å². The van der Waals surface area contributed by atoms with Crippen molar-refractivity contribution in [3.63, 3.8) is 0 Å². The molecule has 2 N–H and O–H groups in total. The Morgan fingerprint density at radius 1 is 1.24 bits per heavy atom. The number of carbonyl (C=O) groups is 1. The maximum Gasteiger partial charge on any atom is 0.330 e. The number of esters is 1. The highest BCUT2D eigenvalue weighted by Crippen LogP contribution is 2.32. The second-order valence-corrected chi connectivity index (χ2v) is 7.34. The van der Waals surface area contributed by atoms with Gasteiger partial charge in [0.05, 0.1) is 14.2 Å².